The van der Waals surface area contributed by atoms with Crippen LogP contribution in [0.2, 0.25) is 0 Å². The average molecular weight is 565 g/mol. The first-order valence-corrected chi connectivity index (χ1v) is 13.3. The third-order valence-electron chi connectivity index (χ3n) is 5.72. The molecule has 0 aliphatic heterocycles. The van der Waals surface area contributed by atoms with Gasteiger partial charge in [0.1, 0.15) is 12.6 Å². The predicted molar refractivity (Wildman–Crippen MR) is 150 cm³/mol. The van der Waals surface area contributed by atoms with E-state index >= 15 is 0 Å². The Bertz CT molecular complexity index is 1030. The number of anilines is 1. The third-order valence-corrected chi connectivity index (χ3v) is 5.72. The highest BCUT2D eigenvalue weighted by atomic mass is 16.6. The number of primary amides is 1. The Morgan fingerprint density at radius 3 is 2.20 bits per heavy atom. The number of hydrogen-bond donors (Lipinski definition) is 6. The molecule has 1 aromatic rings. The van der Waals surface area contributed by atoms with E-state index < -0.39 is 35.9 Å². The van der Waals surface area contributed by atoms with E-state index in [4.69, 9.17) is 15.3 Å². The summed E-state index contributed by atoms with van der Waals surface area (Å²) in [7, 11) is 1.28. The van der Waals surface area contributed by atoms with Gasteiger partial charge in [0.05, 0.1) is 24.6 Å². The minimum atomic E-state index is -0.944. The van der Waals surface area contributed by atoms with E-state index in [0.29, 0.717) is 12.0 Å². The minimum Gasteiger partial charge on any atom is -0.461 e. The van der Waals surface area contributed by atoms with E-state index in [1.807, 2.05) is 27.7 Å². The summed E-state index contributed by atoms with van der Waals surface area (Å²) in [5.41, 5.74) is 8.16. The monoisotopic (exact) mass is 564 g/mol. The molecule has 1 aromatic carbocycles. The van der Waals surface area contributed by atoms with Gasteiger partial charge in [0.2, 0.25) is 11.8 Å². The van der Waals surface area contributed by atoms with Crippen LogP contribution in [0.5, 0.6) is 0 Å². The SMILES string of the molecule is CONC(=O)c1cc(NC(=O)[C@H](CCCNC(N)=O)NC(=O)[C@@H](NC(C)C)C(C)C)ccc1COC(=O)C(C)C. The van der Waals surface area contributed by atoms with Crippen LogP contribution in [-0.4, -0.2) is 61.5 Å². The number of hydrogen-bond acceptors (Lipinski definition) is 8. The van der Waals surface area contributed by atoms with Gasteiger partial charge in [-0.05, 0) is 30.9 Å². The Morgan fingerprint density at radius 1 is 0.975 bits per heavy atom. The van der Waals surface area contributed by atoms with Gasteiger partial charge in [-0.2, -0.15) is 0 Å². The average Bonchev–Trinajstić information content (AvgIpc) is 2.87. The molecule has 1 rings (SSSR count). The van der Waals surface area contributed by atoms with Gasteiger partial charge in [-0.1, -0.05) is 47.6 Å². The number of rotatable bonds is 16. The van der Waals surface area contributed by atoms with Crippen LogP contribution in [0.15, 0.2) is 18.2 Å². The summed E-state index contributed by atoms with van der Waals surface area (Å²) in [5, 5.41) is 11.2. The predicted octanol–water partition coefficient (Wildman–Crippen LogP) is 1.57. The molecule has 0 unspecified atom stereocenters. The number of carbonyl (C=O) groups excluding carboxylic acids is 5. The fourth-order valence-corrected chi connectivity index (χ4v) is 3.66. The summed E-state index contributed by atoms with van der Waals surface area (Å²) in [6.45, 7) is 11.1. The summed E-state index contributed by atoms with van der Waals surface area (Å²) >= 11 is 0. The fourth-order valence-electron chi connectivity index (χ4n) is 3.66. The molecule has 0 aromatic heterocycles. The van der Waals surface area contributed by atoms with Gasteiger partial charge in [-0.3, -0.25) is 24.0 Å². The van der Waals surface area contributed by atoms with E-state index in [1.54, 1.807) is 26.0 Å². The van der Waals surface area contributed by atoms with Crippen LogP contribution in [0, 0.1) is 11.8 Å². The maximum atomic E-state index is 13.3. The zero-order valence-electron chi connectivity index (χ0n) is 24.4. The smallest absolute Gasteiger partial charge is 0.312 e. The maximum Gasteiger partial charge on any atom is 0.312 e. The number of nitrogens with two attached hydrogens (primary N) is 1. The lowest BCUT2D eigenvalue weighted by atomic mass is 10.0. The summed E-state index contributed by atoms with van der Waals surface area (Å²) < 4.78 is 5.26. The fraction of sp³-hybridized carbons (Fsp3) is 0.593. The van der Waals surface area contributed by atoms with Crippen molar-refractivity contribution in [1.29, 1.82) is 0 Å². The lowest BCUT2D eigenvalue weighted by molar-refractivity contribution is -0.148. The molecule has 0 saturated heterocycles. The lowest BCUT2D eigenvalue weighted by Crippen LogP contribution is -2.54. The summed E-state index contributed by atoms with van der Waals surface area (Å²) in [5.74, 6) is -2.26. The van der Waals surface area contributed by atoms with E-state index in [1.165, 1.54) is 13.2 Å². The number of urea groups is 1. The van der Waals surface area contributed by atoms with E-state index in [0.717, 1.165) is 0 Å². The molecule has 0 fully saturated rings. The first kappa shape index (κ1) is 34.3. The Labute approximate surface area is 235 Å². The van der Waals surface area contributed by atoms with Gasteiger partial charge in [0, 0.05) is 23.8 Å². The molecule has 0 heterocycles. The zero-order chi connectivity index (χ0) is 30.4. The minimum absolute atomic E-state index is 0.0400. The second-order valence-electron chi connectivity index (χ2n) is 10.3. The van der Waals surface area contributed by atoms with Crippen molar-refractivity contribution in [3.8, 4) is 0 Å². The number of ether oxygens (including phenoxy) is 1. The highest BCUT2D eigenvalue weighted by Crippen LogP contribution is 2.19. The van der Waals surface area contributed by atoms with Crippen molar-refractivity contribution >= 4 is 35.4 Å². The van der Waals surface area contributed by atoms with Crippen molar-refractivity contribution in [3.05, 3.63) is 29.3 Å². The van der Waals surface area contributed by atoms with E-state index in [-0.39, 0.29) is 54.6 Å². The van der Waals surface area contributed by atoms with Gasteiger partial charge in [0.25, 0.3) is 5.91 Å². The van der Waals surface area contributed by atoms with Crippen LogP contribution in [0.3, 0.4) is 0 Å². The molecule has 2 atom stereocenters. The van der Waals surface area contributed by atoms with Crippen LogP contribution in [-0.2, 0) is 30.6 Å². The topological polar surface area (TPSA) is 190 Å². The second-order valence-corrected chi connectivity index (χ2v) is 10.3. The van der Waals surface area contributed by atoms with Gasteiger partial charge in [-0.25, -0.2) is 10.3 Å². The van der Waals surface area contributed by atoms with Crippen molar-refractivity contribution in [2.75, 3.05) is 19.0 Å². The van der Waals surface area contributed by atoms with Crippen molar-refractivity contribution in [2.24, 2.45) is 17.6 Å². The van der Waals surface area contributed by atoms with Crippen LogP contribution in [0.25, 0.3) is 0 Å². The molecular weight excluding hydrogens is 520 g/mol. The Balaban J connectivity index is 3.18. The van der Waals surface area contributed by atoms with Crippen molar-refractivity contribution < 1.29 is 33.5 Å². The molecule has 13 nitrogen and oxygen atoms in total. The standard InChI is InChI=1S/C27H44N6O7/c1-15(2)22(30-17(5)6)25(36)32-21(9-8-12-29-27(28)38)24(35)31-19-11-10-18(14-40-26(37)16(3)4)20(13-19)23(34)33-39-7/h10-11,13,15-17,21-22,30H,8-9,12,14H2,1-7H3,(H,31,35)(H,32,36)(H,33,34)(H3,28,29,38)/t21-,22-/m0/s1. The molecular formula is C27H44N6O7. The third kappa shape index (κ3) is 12.0. The molecule has 7 N–H and O–H groups in total. The Kier molecular flexibility index (Phi) is 14.7. The summed E-state index contributed by atoms with van der Waals surface area (Å²) in [4.78, 5) is 66.7. The van der Waals surface area contributed by atoms with Crippen LogP contribution in [0.4, 0.5) is 10.5 Å². The van der Waals surface area contributed by atoms with Gasteiger partial charge in [-0.15, -0.1) is 0 Å². The zero-order valence-corrected chi connectivity index (χ0v) is 24.4. The normalized spacial score (nSPS) is 12.6. The first-order valence-electron chi connectivity index (χ1n) is 13.3. The maximum absolute atomic E-state index is 13.3. The molecule has 0 spiro atoms. The molecule has 0 radical (unpaired) electrons. The number of carbonyl (C=O) groups is 5. The molecule has 0 aliphatic carbocycles. The molecule has 13 heteroatoms. The number of amides is 5. The molecule has 40 heavy (non-hydrogen) atoms. The Hall–Kier alpha value is -3.71. The van der Waals surface area contributed by atoms with Gasteiger partial charge >= 0.3 is 12.0 Å². The second kappa shape index (κ2) is 17.1. The highest BCUT2D eigenvalue weighted by molar-refractivity contribution is 6.00. The van der Waals surface area contributed by atoms with Gasteiger partial charge < -0.3 is 31.7 Å². The van der Waals surface area contributed by atoms with Crippen LogP contribution < -0.4 is 32.5 Å². The van der Waals surface area contributed by atoms with E-state index in [2.05, 4.69) is 26.7 Å². The quantitative estimate of drug-likeness (QED) is 0.0990. The number of benzene rings is 1. The van der Waals surface area contributed by atoms with Crippen LogP contribution in [0.1, 0.15) is 70.3 Å². The van der Waals surface area contributed by atoms with Crippen LogP contribution >= 0.6 is 0 Å². The molecule has 0 saturated carbocycles. The van der Waals surface area contributed by atoms with Gasteiger partial charge in [0.15, 0.2) is 0 Å². The molecule has 5 amide bonds. The number of esters is 1. The lowest BCUT2D eigenvalue weighted by Gasteiger charge is -2.27. The number of nitrogens with one attached hydrogen (secondary N) is 5. The highest BCUT2D eigenvalue weighted by Gasteiger charge is 2.28. The molecule has 0 bridgehead atoms. The number of hydroxylamine groups is 1. The van der Waals surface area contributed by atoms with Crippen molar-refractivity contribution in [2.45, 2.75) is 79.1 Å². The Morgan fingerprint density at radius 2 is 1.65 bits per heavy atom. The molecule has 0 aliphatic rings. The summed E-state index contributed by atoms with van der Waals surface area (Å²) in [6.07, 6.45) is 0.581. The largest absolute Gasteiger partial charge is 0.461 e. The summed E-state index contributed by atoms with van der Waals surface area (Å²) in [6, 6.07) is 2.42. The first-order chi connectivity index (χ1) is 18.8. The molecule has 224 valence electrons. The van der Waals surface area contributed by atoms with Crippen molar-refractivity contribution in [1.82, 2.24) is 21.4 Å². The van der Waals surface area contributed by atoms with Crippen molar-refractivity contribution in [3.63, 3.8) is 0 Å². The van der Waals surface area contributed by atoms with E-state index in [9.17, 15) is 24.0 Å².